The summed E-state index contributed by atoms with van der Waals surface area (Å²) in [6.45, 7) is 6.26. The highest BCUT2D eigenvalue weighted by Gasteiger charge is 2.36. The fourth-order valence-electron chi connectivity index (χ4n) is 2.97. The summed E-state index contributed by atoms with van der Waals surface area (Å²) in [5.74, 6) is 0.261. The molecule has 1 amide bonds. The molecule has 0 radical (unpaired) electrons. The standard InChI is InChI=1S/C15H20N2O/c1-15(2)7-8-17(10-15)14(18)13-9-11-5-3-4-6-12(11)16-13/h3-6,13,16H,7-10H2,1-2H3/t13-/m0/s1. The van der Waals surface area contributed by atoms with Gasteiger partial charge in [0.05, 0.1) is 0 Å². The van der Waals surface area contributed by atoms with Crippen molar-refractivity contribution in [2.75, 3.05) is 18.4 Å². The Bertz CT molecular complexity index is 456. The first-order valence-corrected chi connectivity index (χ1v) is 6.68. The van der Waals surface area contributed by atoms with E-state index in [9.17, 15) is 4.79 Å². The van der Waals surface area contributed by atoms with Gasteiger partial charge in [-0.2, -0.15) is 0 Å². The van der Waals surface area contributed by atoms with E-state index in [2.05, 4.69) is 31.3 Å². The number of rotatable bonds is 1. The van der Waals surface area contributed by atoms with Gasteiger partial charge in [0.1, 0.15) is 6.04 Å². The first-order chi connectivity index (χ1) is 8.55. The number of nitrogens with one attached hydrogen (secondary N) is 1. The maximum atomic E-state index is 12.5. The van der Waals surface area contributed by atoms with Gasteiger partial charge in [-0.05, 0) is 23.5 Å². The number of amides is 1. The zero-order valence-electron chi connectivity index (χ0n) is 11.1. The molecule has 2 heterocycles. The van der Waals surface area contributed by atoms with E-state index < -0.39 is 0 Å². The molecule has 1 saturated heterocycles. The molecule has 0 spiro atoms. The summed E-state index contributed by atoms with van der Waals surface area (Å²) in [5, 5.41) is 3.35. The predicted molar refractivity (Wildman–Crippen MR) is 72.5 cm³/mol. The monoisotopic (exact) mass is 244 g/mol. The molecule has 1 aromatic carbocycles. The molecule has 1 atom stereocenters. The van der Waals surface area contributed by atoms with Crippen molar-refractivity contribution in [1.29, 1.82) is 0 Å². The van der Waals surface area contributed by atoms with Gasteiger partial charge in [0.15, 0.2) is 0 Å². The van der Waals surface area contributed by atoms with E-state index in [1.54, 1.807) is 0 Å². The third kappa shape index (κ3) is 1.98. The number of nitrogens with zero attached hydrogens (tertiary/aromatic N) is 1. The van der Waals surface area contributed by atoms with Gasteiger partial charge in [0.25, 0.3) is 0 Å². The number of anilines is 1. The summed E-state index contributed by atoms with van der Waals surface area (Å²) in [6, 6.07) is 8.14. The number of hydrogen-bond acceptors (Lipinski definition) is 2. The van der Waals surface area contributed by atoms with E-state index in [4.69, 9.17) is 0 Å². The minimum absolute atomic E-state index is 0.0590. The predicted octanol–water partition coefficient (Wildman–Crippen LogP) is 2.28. The largest absolute Gasteiger partial charge is 0.373 e. The van der Waals surface area contributed by atoms with Crippen LogP contribution in [0.15, 0.2) is 24.3 Å². The van der Waals surface area contributed by atoms with Crippen molar-refractivity contribution in [1.82, 2.24) is 4.90 Å². The number of hydrogen-bond donors (Lipinski definition) is 1. The second-order valence-electron chi connectivity index (χ2n) is 6.23. The van der Waals surface area contributed by atoms with Crippen LogP contribution in [0.3, 0.4) is 0 Å². The van der Waals surface area contributed by atoms with Crippen LogP contribution in [0.2, 0.25) is 0 Å². The van der Waals surface area contributed by atoms with Crippen LogP contribution in [-0.4, -0.2) is 29.9 Å². The molecular weight excluding hydrogens is 224 g/mol. The molecule has 3 nitrogen and oxygen atoms in total. The average Bonchev–Trinajstić information content (AvgIpc) is 2.91. The number of para-hydroxylation sites is 1. The quantitative estimate of drug-likeness (QED) is 0.822. The topological polar surface area (TPSA) is 32.3 Å². The zero-order chi connectivity index (χ0) is 12.8. The first-order valence-electron chi connectivity index (χ1n) is 6.68. The first kappa shape index (κ1) is 11.6. The summed E-state index contributed by atoms with van der Waals surface area (Å²) in [5.41, 5.74) is 2.66. The van der Waals surface area contributed by atoms with E-state index >= 15 is 0 Å². The highest BCUT2D eigenvalue weighted by molar-refractivity contribution is 5.87. The molecule has 1 aromatic rings. The van der Waals surface area contributed by atoms with Gasteiger partial charge in [-0.1, -0.05) is 32.0 Å². The maximum absolute atomic E-state index is 12.5. The Morgan fingerprint density at radius 3 is 2.83 bits per heavy atom. The van der Waals surface area contributed by atoms with Crippen LogP contribution in [0.4, 0.5) is 5.69 Å². The lowest BCUT2D eigenvalue weighted by Gasteiger charge is -2.23. The molecule has 2 aliphatic rings. The van der Waals surface area contributed by atoms with E-state index in [1.807, 2.05) is 17.0 Å². The van der Waals surface area contributed by atoms with Gasteiger partial charge in [0.2, 0.25) is 5.91 Å². The second-order valence-corrected chi connectivity index (χ2v) is 6.23. The Kier molecular flexibility index (Phi) is 2.58. The van der Waals surface area contributed by atoms with Crippen LogP contribution in [0.25, 0.3) is 0 Å². The van der Waals surface area contributed by atoms with Gasteiger partial charge in [-0.3, -0.25) is 4.79 Å². The lowest BCUT2D eigenvalue weighted by molar-refractivity contribution is -0.131. The van der Waals surface area contributed by atoms with E-state index in [1.165, 1.54) is 5.56 Å². The summed E-state index contributed by atoms with van der Waals surface area (Å²) in [4.78, 5) is 14.5. The van der Waals surface area contributed by atoms with Gasteiger partial charge in [-0.25, -0.2) is 0 Å². The van der Waals surface area contributed by atoms with Crippen LogP contribution in [-0.2, 0) is 11.2 Å². The molecule has 0 aromatic heterocycles. The Labute approximate surface area is 108 Å². The molecular formula is C15H20N2O. The highest BCUT2D eigenvalue weighted by atomic mass is 16.2. The van der Waals surface area contributed by atoms with Crippen molar-refractivity contribution >= 4 is 11.6 Å². The molecule has 3 rings (SSSR count). The summed E-state index contributed by atoms with van der Waals surface area (Å²) >= 11 is 0. The average molecular weight is 244 g/mol. The molecule has 1 fully saturated rings. The van der Waals surface area contributed by atoms with Crippen molar-refractivity contribution in [3.63, 3.8) is 0 Å². The minimum atomic E-state index is -0.0590. The molecule has 0 aliphatic carbocycles. The van der Waals surface area contributed by atoms with E-state index in [-0.39, 0.29) is 17.4 Å². The normalized spacial score (nSPS) is 24.8. The van der Waals surface area contributed by atoms with Gasteiger partial charge in [-0.15, -0.1) is 0 Å². The summed E-state index contributed by atoms with van der Waals surface area (Å²) in [7, 11) is 0. The third-order valence-corrected chi connectivity index (χ3v) is 4.06. The van der Waals surface area contributed by atoms with Crippen LogP contribution in [0.5, 0.6) is 0 Å². The lowest BCUT2D eigenvalue weighted by Crippen LogP contribution is -2.41. The molecule has 3 heteroatoms. The molecule has 1 N–H and O–H groups in total. The molecule has 2 aliphatic heterocycles. The van der Waals surface area contributed by atoms with Crippen LogP contribution < -0.4 is 5.32 Å². The van der Waals surface area contributed by atoms with Crippen LogP contribution in [0, 0.1) is 5.41 Å². The molecule has 0 unspecified atom stereocenters. The number of benzene rings is 1. The molecule has 0 bridgehead atoms. The van der Waals surface area contributed by atoms with Crippen molar-refractivity contribution in [2.24, 2.45) is 5.41 Å². The van der Waals surface area contributed by atoms with E-state index in [0.29, 0.717) is 0 Å². The van der Waals surface area contributed by atoms with Gasteiger partial charge >= 0.3 is 0 Å². The van der Waals surface area contributed by atoms with Crippen molar-refractivity contribution in [3.8, 4) is 0 Å². The van der Waals surface area contributed by atoms with Gasteiger partial charge in [0, 0.05) is 25.2 Å². The number of likely N-dealkylation sites (tertiary alicyclic amines) is 1. The van der Waals surface area contributed by atoms with Crippen molar-refractivity contribution in [3.05, 3.63) is 29.8 Å². The third-order valence-electron chi connectivity index (χ3n) is 4.06. The fourth-order valence-corrected chi connectivity index (χ4v) is 2.97. The summed E-state index contributed by atoms with van der Waals surface area (Å²) in [6.07, 6.45) is 1.93. The Morgan fingerprint density at radius 2 is 2.17 bits per heavy atom. The highest BCUT2D eigenvalue weighted by Crippen LogP contribution is 2.31. The van der Waals surface area contributed by atoms with Crippen molar-refractivity contribution < 1.29 is 4.79 Å². The van der Waals surface area contributed by atoms with Crippen LogP contribution >= 0.6 is 0 Å². The van der Waals surface area contributed by atoms with Crippen molar-refractivity contribution in [2.45, 2.75) is 32.7 Å². The molecule has 0 saturated carbocycles. The number of carbonyl (C=O) groups is 1. The lowest BCUT2D eigenvalue weighted by atomic mass is 9.93. The Hall–Kier alpha value is -1.51. The molecule has 18 heavy (non-hydrogen) atoms. The number of carbonyl (C=O) groups excluding carboxylic acids is 1. The van der Waals surface area contributed by atoms with E-state index in [0.717, 1.165) is 31.6 Å². The van der Waals surface area contributed by atoms with Crippen LogP contribution in [0.1, 0.15) is 25.8 Å². The smallest absolute Gasteiger partial charge is 0.245 e. The molecule has 96 valence electrons. The zero-order valence-corrected chi connectivity index (χ0v) is 11.1. The Balaban J connectivity index is 1.70. The SMILES string of the molecule is CC1(C)CCN(C(=O)[C@@H]2Cc3ccccc3N2)C1. The number of fused-ring (bicyclic) bond motifs is 1. The fraction of sp³-hybridized carbons (Fsp3) is 0.533. The van der Waals surface area contributed by atoms with Gasteiger partial charge < -0.3 is 10.2 Å². The maximum Gasteiger partial charge on any atom is 0.245 e. The summed E-state index contributed by atoms with van der Waals surface area (Å²) < 4.78 is 0. The minimum Gasteiger partial charge on any atom is -0.373 e. The second kappa shape index (κ2) is 4.01. The Morgan fingerprint density at radius 1 is 1.39 bits per heavy atom.